The number of likely N-dealkylation sites (tertiary alicyclic amines) is 1. The molecule has 0 aromatic carbocycles. The first-order chi connectivity index (χ1) is 11.6. The maximum absolute atomic E-state index is 12.0. The molecule has 1 atom stereocenters. The van der Waals surface area contributed by atoms with Crippen LogP contribution in [0.1, 0.15) is 64.4 Å². The van der Waals surface area contributed by atoms with E-state index in [2.05, 4.69) is 38.6 Å². The van der Waals surface area contributed by atoms with Crippen LogP contribution in [-0.4, -0.2) is 37.9 Å². The molecule has 0 radical (unpaired) electrons. The van der Waals surface area contributed by atoms with Gasteiger partial charge in [0.1, 0.15) is 0 Å². The van der Waals surface area contributed by atoms with Gasteiger partial charge in [0.25, 0.3) is 11.7 Å². The van der Waals surface area contributed by atoms with Crippen LogP contribution in [0.3, 0.4) is 0 Å². The lowest BCUT2D eigenvalue weighted by Gasteiger charge is -2.21. The van der Waals surface area contributed by atoms with Crippen LogP contribution < -0.4 is 5.32 Å². The van der Waals surface area contributed by atoms with Gasteiger partial charge in [0.05, 0.1) is 11.7 Å². The van der Waals surface area contributed by atoms with Crippen molar-refractivity contribution in [2.24, 2.45) is 0 Å². The number of nitrogens with zero attached hydrogens (tertiary/aromatic N) is 4. The Bertz CT molecular complexity index is 732. The molecular formula is C16H21N5O2S. The van der Waals surface area contributed by atoms with Gasteiger partial charge in [0.15, 0.2) is 0 Å². The number of amides is 1. The van der Waals surface area contributed by atoms with Crippen LogP contribution >= 0.6 is 11.5 Å². The minimum atomic E-state index is -0.231. The smallest absolute Gasteiger partial charge is 0.292 e. The van der Waals surface area contributed by atoms with E-state index in [0.29, 0.717) is 11.9 Å². The lowest BCUT2D eigenvalue weighted by molar-refractivity contribution is 0.0937. The molecule has 8 heteroatoms. The van der Waals surface area contributed by atoms with Gasteiger partial charge in [-0.3, -0.25) is 9.69 Å². The molecule has 0 spiro atoms. The molecule has 7 nitrogen and oxygen atoms in total. The fourth-order valence-corrected chi connectivity index (χ4v) is 3.87. The van der Waals surface area contributed by atoms with Gasteiger partial charge in [0.2, 0.25) is 5.89 Å². The molecule has 3 heterocycles. The third-order valence-corrected chi connectivity index (χ3v) is 5.63. The van der Waals surface area contributed by atoms with Crippen molar-refractivity contribution in [2.45, 2.75) is 58.2 Å². The zero-order valence-electron chi connectivity index (χ0n) is 13.9. The molecule has 0 bridgehead atoms. The molecule has 1 aliphatic carbocycles. The van der Waals surface area contributed by atoms with Crippen LogP contribution in [0.2, 0.25) is 0 Å². The summed E-state index contributed by atoms with van der Waals surface area (Å²) in [5.41, 5.74) is 2.39. The number of aromatic nitrogens is 3. The third-order valence-electron chi connectivity index (χ3n) is 4.75. The molecule has 1 unspecified atom stereocenters. The van der Waals surface area contributed by atoms with Crippen molar-refractivity contribution in [1.29, 1.82) is 0 Å². The molecule has 1 aliphatic heterocycles. The normalized spacial score (nSPS) is 21.3. The van der Waals surface area contributed by atoms with E-state index >= 15 is 0 Å². The average molecular weight is 347 g/mol. The predicted molar refractivity (Wildman–Crippen MR) is 88.8 cm³/mol. The van der Waals surface area contributed by atoms with Crippen LogP contribution in [-0.2, 0) is 6.54 Å². The van der Waals surface area contributed by atoms with Crippen LogP contribution in [0, 0.1) is 13.8 Å². The fourth-order valence-electron chi connectivity index (χ4n) is 3.17. The summed E-state index contributed by atoms with van der Waals surface area (Å²) < 4.78 is 9.83. The van der Waals surface area contributed by atoms with Gasteiger partial charge in [-0.1, -0.05) is 5.16 Å². The average Bonchev–Trinajstić information content (AvgIpc) is 2.98. The number of hydrogen-bond donors (Lipinski definition) is 1. The van der Waals surface area contributed by atoms with Gasteiger partial charge in [0, 0.05) is 23.0 Å². The fraction of sp³-hybridized carbons (Fsp3) is 0.625. The van der Waals surface area contributed by atoms with Crippen molar-refractivity contribution in [1.82, 2.24) is 24.7 Å². The van der Waals surface area contributed by atoms with Crippen molar-refractivity contribution in [3.8, 4) is 0 Å². The van der Waals surface area contributed by atoms with Gasteiger partial charge in [-0.05, 0) is 57.6 Å². The molecule has 24 heavy (non-hydrogen) atoms. The van der Waals surface area contributed by atoms with Crippen molar-refractivity contribution >= 4 is 17.4 Å². The van der Waals surface area contributed by atoms with E-state index in [1.54, 1.807) is 11.5 Å². The Balaban J connectivity index is 1.48. The van der Waals surface area contributed by atoms with E-state index in [1.807, 2.05) is 0 Å². The molecule has 2 aliphatic rings. The lowest BCUT2D eigenvalue weighted by Crippen LogP contribution is -2.27. The standard InChI is InChI=1S/C16H21N5O2S/c1-9-12(10(2)24-20-9)8-21-7-3-4-13(21)16-18-14(19-23-16)15(22)17-11-5-6-11/h11,13H,3-8H2,1-2H3,(H,17,22). The van der Waals surface area contributed by atoms with E-state index in [1.165, 1.54) is 10.4 Å². The summed E-state index contributed by atoms with van der Waals surface area (Å²) in [5, 5.41) is 6.77. The van der Waals surface area contributed by atoms with E-state index < -0.39 is 0 Å². The van der Waals surface area contributed by atoms with Gasteiger partial charge in [-0.25, -0.2) is 0 Å². The Morgan fingerprint density at radius 1 is 1.38 bits per heavy atom. The summed E-state index contributed by atoms with van der Waals surface area (Å²) in [6.45, 7) is 5.99. The number of rotatable bonds is 5. The summed E-state index contributed by atoms with van der Waals surface area (Å²) in [4.78, 5) is 20.0. The first-order valence-corrected chi connectivity index (χ1v) is 9.19. The topological polar surface area (TPSA) is 84.2 Å². The van der Waals surface area contributed by atoms with E-state index in [9.17, 15) is 4.79 Å². The zero-order valence-corrected chi connectivity index (χ0v) is 14.7. The van der Waals surface area contributed by atoms with Gasteiger partial charge in [-0.2, -0.15) is 9.36 Å². The van der Waals surface area contributed by atoms with Crippen molar-refractivity contribution in [2.75, 3.05) is 6.54 Å². The monoisotopic (exact) mass is 347 g/mol. The molecule has 2 aromatic rings. The van der Waals surface area contributed by atoms with Gasteiger partial charge < -0.3 is 9.84 Å². The number of nitrogens with one attached hydrogen (secondary N) is 1. The molecule has 1 N–H and O–H groups in total. The number of carbonyl (C=O) groups is 1. The van der Waals surface area contributed by atoms with Crippen molar-refractivity contribution in [3.63, 3.8) is 0 Å². The Labute approximate surface area is 144 Å². The van der Waals surface area contributed by atoms with Gasteiger partial charge in [-0.15, -0.1) is 0 Å². The minimum absolute atomic E-state index is 0.0821. The van der Waals surface area contributed by atoms with E-state index in [0.717, 1.165) is 44.5 Å². The highest BCUT2D eigenvalue weighted by Crippen LogP contribution is 2.33. The molecule has 1 saturated carbocycles. The number of aryl methyl sites for hydroxylation is 2. The maximum Gasteiger partial charge on any atom is 0.292 e. The second-order valence-electron chi connectivity index (χ2n) is 6.64. The summed E-state index contributed by atoms with van der Waals surface area (Å²) in [6, 6.07) is 0.373. The summed E-state index contributed by atoms with van der Waals surface area (Å²) in [5.74, 6) is 0.464. The van der Waals surface area contributed by atoms with Crippen LogP contribution in [0.5, 0.6) is 0 Å². The Kier molecular flexibility index (Phi) is 4.09. The highest BCUT2D eigenvalue weighted by Gasteiger charge is 2.33. The predicted octanol–water partition coefficient (Wildman–Crippen LogP) is 2.37. The molecule has 2 aromatic heterocycles. The first-order valence-electron chi connectivity index (χ1n) is 8.42. The molecule has 4 rings (SSSR count). The molecular weight excluding hydrogens is 326 g/mol. The highest BCUT2D eigenvalue weighted by molar-refractivity contribution is 7.05. The minimum Gasteiger partial charge on any atom is -0.346 e. The van der Waals surface area contributed by atoms with E-state index in [-0.39, 0.29) is 17.8 Å². The zero-order chi connectivity index (χ0) is 16.7. The van der Waals surface area contributed by atoms with Crippen LogP contribution in [0.25, 0.3) is 0 Å². The number of hydrogen-bond acceptors (Lipinski definition) is 7. The van der Waals surface area contributed by atoms with Gasteiger partial charge >= 0.3 is 0 Å². The highest BCUT2D eigenvalue weighted by atomic mass is 32.1. The third kappa shape index (κ3) is 3.08. The summed E-state index contributed by atoms with van der Waals surface area (Å²) in [7, 11) is 0. The van der Waals surface area contributed by atoms with Crippen LogP contribution in [0.15, 0.2) is 4.52 Å². The first kappa shape index (κ1) is 15.7. The summed E-state index contributed by atoms with van der Waals surface area (Å²) in [6.07, 6.45) is 4.15. The molecule has 1 amide bonds. The second-order valence-corrected chi connectivity index (χ2v) is 7.61. The Morgan fingerprint density at radius 3 is 2.92 bits per heavy atom. The largest absolute Gasteiger partial charge is 0.346 e. The maximum atomic E-state index is 12.0. The van der Waals surface area contributed by atoms with Crippen molar-refractivity contribution in [3.05, 3.63) is 27.8 Å². The lowest BCUT2D eigenvalue weighted by atomic mass is 10.1. The molecule has 1 saturated heterocycles. The SMILES string of the molecule is Cc1nsc(C)c1CN1CCCC1c1nc(C(=O)NC2CC2)no1. The molecule has 2 fully saturated rings. The molecule has 128 valence electrons. The summed E-state index contributed by atoms with van der Waals surface area (Å²) >= 11 is 1.55. The quantitative estimate of drug-likeness (QED) is 0.894. The second kappa shape index (κ2) is 6.25. The Hall–Kier alpha value is -1.80. The van der Waals surface area contributed by atoms with Crippen molar-refractivity contribution < 1.29 is 9.32 Å². The Morgan fingerprint density at radius 2 is 2.21 bits per heavy atom. The van der Waals surface area contributed by atoms with E-state index in [4.69, 9.17) is 4.52 Å². The van der Waals surface area contributed by atoms with Crippen LogP contribution in [0.4, 0.5) is 0 Å². The number of carbonyl (C=O) groups excluding carboxylic acids is 1.